The number of fused-ring (bicyclic) bond motifs is 1. The maximum atomic E-state index is 12.8. The number of aryl methyl sites for hydroxylation is 1. The third-order valence-electron chi connectivity index (χ3n) is 5.45. The van der Waals surface area contributed by atoms with E-state index in [1.807, 2.05) is 51.1 Å². The van der Waals surface area contributed by atoms with Crippen LogP contribution in [0.1, 0.15) is 63.3 Å². The molecule has 1 amide bonds. The van der Waals surface area contributed by atoms with E-state index in [9.17, 15) is 4.79 Å². The zero-order valence-electron chi connectivity index (χ0n) is 18.5. The summed E-state index contributed by atoms with van der Waals surface area (Å²) in [5.74, 6) is 2.11. The molecule has 0 bridgehead atoms. The van der Waals surface area contributed by atoms with E-state index in [-0.39, 0.29) is 11.9 Å². The van der Waals surface area contributed by atoms with Gasteiger partial charge in [0.05, 0.1) is 19.3 Å². The first-order valence-electron chi connectivity index (χ1n) is 11.0. The smallest absolute Gasteiger partial charge is 0.261 e. The maximum absolute atomic E-state index is 12.8. The van der Waals surface area contributed by atoms with Gasteiger partial charge in [-0.3, -0.25) is 4.79 Å². The minimum atomic E-state index is -0.574. The molecule has 5 heteroatoms. The Morgan fingerprint density at radius 3 is 2.47 bits per heavy atom. The molecular formula is C25H33NO4. The van der Waals surface area contributed by atoms with Crippen LogP contribution in [0.3, 0.4) is 0 Å². The van der Waals surface area contributed by atoms with E-state index in [0.29, 0.717) is 24.7 Å². The van der Waals surface area contributed by atoms with Gasteiger partial charge in [-0.15, -0.1) is 0 Å². The Morgan fingerprint density at radius 1 is 0.967 bits per heavy atom. The molecule has 1 aliphatic carbocycles. The number of hydrogen-bond acceptors (Lipinski definition) is 4. The average molecular weight is 412 g/mol. The lowest BCUT2D eigenvalue weighted by Gasteiger charge is -2.23. The average Bonchev–Trinajstić information content (AvgIpc) is 2.75. The van der Waals surface area contributed by atoms with E-state index in [1.54, 1.807) is 6.92 Å². The zero-order chi connectivity index (χ0) is 21.5. The van der Waals surface area contributed by atoms with Crippen molar-refractivity contribution < 1.29 is 19.0 Å². The van der Waals surface area contributed by atoms with E-state index in [0.717, 1.165) is 24.2 Å². The van der Waals surface area contributed by atoms with Crippen LogP contribution in [0.15, 0.2) is 36.4 Å². The van der Waals surface area contributed by atoms with E-state index in [1.165, 1.54) is 24.0 Å². The van der Waals surface area contributed by atoms with Crippen molar-refractivity contribution in [2.45, 2.75) is 65.5 Å². The van der Waals surface area contributed by atoms with Gasteiger partial charge in [-0.2, -0.15) is 0 Å². The number of carbonyl (C=O) groups is 1. The Balaban J connectivity index is 1.66. The Labute approximate surface area is 179 Å². The number of amides is 1. The highest BCUT2D eigenvalue weighted by atomic mass is 16.5. The molecule has 5 nitrogen and oxygen atoms in total. The fourth-order valence-corrected chi connectivity index (χ4v) is 3.85. The molecule has 2 atom stereocenters. The number of hydrogen-bond donors (Lipinski definition) is 1. The summed E-state index contributed by atoms with van der Waals surface area (Å²) in [7, 11) is 0. The standard InChI is InChI=1S/C25H33NO4/c1-5-28-23-15-14-20(16-24(23)29-6-2)17(3)26-25(27)18(4)30-22-13-9-11-19-10-7-8-12-21(19)22/h9,11,13-18H,5-8,10,12H2,1-4H3,(H,26,27)/t17-,18-/m1/s1. The molecule has 1 aliphatic rings. The summed E-state index contributed by atoms with van der Waals surface area (Å²) in [6.07, 6.45) is 3.92. The Bertz CT molecular complexity index is 864. The molecule has 162 valence electrons. The molecule has 0 fully saturated rings. The fourth-order valence-electron chi connectivity index (χ4n) is 3.85. The van der Waals surface area contributed by atoms with E-state index >= 15 is 0 Å². The number of carbonyl (C=O) groups excluding carboxylic acids is 1. The number of benzene rings is 2. The van der Waals surface area contributed by atoms with Crippen molar-refractivity contribution >= 4 is 5.91 Å². The molecular weight excluding hydrogens is 378 g/mol. The molecule has 1 N–H and O–H groups in total. The molecule has 0 radical (unpaired) electrons. The lowest BCUT2D eigenvalue weighted by atomic mass is 9.91. The van der Waals surface area contributed by atoms with E-state index in [4.69, 9.17) is 14.2 Å². The predicted molar refractivity (Wildman–Crippen MR) is 119 cm³/mol. The third-order valence-corrected chi connectivity index (χ3v) is 5.45. The van der Waals surface area contributed by atoms with Crippen molar-refractivity contribution in [3.05, 3.63) is 53.1 Å². The lowest BCUT2D eigenvalue weighted by molar-refractivity contribution is -0.127. The summed E-state index contributed by atoms with van der Waals surface area (Å²) < 4.78 is 17.4. The summed E-state index contributed by atoms with van der Waals surface area (Å²) in [4.78, 5) is 12.8. The Kier molecular flexibility index (Phi) is 7.61. The van der Waals surface area contributed by atoms with Gasteiger partial charge in [0.2, 0.25) is 0 Å². The van der Waals surface area contributed by atoms with Crippen LogP contribution in [0.4, 0.5) is 0 Å². The third kappa shape index (κ3) is 5.26. The Morgan fingerprint density at radius 2 is 1.70 bits per heavy atom. The number of rotatable bonds is 9. The van der Waals surface area contributed by atoms with Crippen LogP contribution in [0.25, 0.3) is 0 Å². The summed E-state index contributed by atoms with van der Waals surface area (Å²) in [5, 5.41) is 3.06. The predicted octanol–water partition coefficient (Wildman–Crippen LogP) is 5.01. The van der Waals surface area contributed by atoms with Crippen molar-refractivity contribution in [1.82, 2.24) is 5.32 Å². The summed E-state index contributed by atoms with van der Waals surface area (Å²) in [5.41, 5.74) is 3.56. The Hall–Kier alpha value is -2.69. The van der Waals surface area contributed by atoms with Gasteiger partial charge in [0.1, 0.15) is 5.75 Å². The highest BCUT2D eigenvalue weighted by Gasteiger charge is 2.21. The second-order valence-electron chi connectivity index (χ2n) is 7.66. The minimum absolute atomic E-state index is 0.136. The van der Waals surface area contributed by atoms with Crippen LogP contribution in [-0.4, -0.2) is 25.2 Å². The molecule has 0 saturated carbocycles. The molecule has 0 unspecified atom stereocenters. The number of ether oxygens (including phenoxy) is 3. The summed E-state index contributed by atoms with van der Waals surface area (Å²) >= 11 is 0. The molecule has 0 aliphatic heterocycles. The molecule has 3 rings (SSSR count). The second kappa shape index (κ2) is 10.4. The van der Waals surface area contributed by atoms with Gasteiger partial charge in [0.25, 0.3) is 5.91 Å². The van der Waals surface area contributed by atoms with Crippen LogP contribution in [-0.2, 0) is 17.6 Å². The van der Waals surface area contributed by atoms with Crippen molar-refractivity contribution in [2.75, 3.05) is 13.2 Å². The topological polar surface area (TPSA) is 56.8 Å². The van der Waals surface area contributed by atoms with Crippen molar-refractivity contribution in [3.8, 4) is 17.2 Å². The SMILES string of the molecule is CCOc1ccc([C@@H](C)NC(=O)[C@@H](C)Oc2cccc3c2CCCC3)cc1OCC. The molecule has 2 aromatic carbocycles. The first-order valence-corrected chi connectivity index (χ1v) is 11.0. The van der Waals surface area contributed by atoms with Gasteiger partial charge in [-0.25, -0.2) is 0 Å². The van der Waals surface area contributed by atoms with Gasteiger partial charge in [-0.1, -0.05) is 18.2 Å². The molecule has 0 heterocycles. The van der Waals surface area contributed by atoms with Gasteiger partial charge in [0, 0.05) is 0 Å². The summed E-state index contributed by atoms with van der Waals surface area (Å²) in [6, 6.07) is 11.7. The monoisotopic (exact) mass is 411 g/mol. The quantitative estimate of drug-likeness (QED) is 0.630. The minimum Gasteiger partial charge on any atom is -0.490 e. The van der Waals surface area contributed by atoms with Gasteiger partial charge in [0.15, 0.2) is 17.6 Å². The van der Waals surface area contributed by atoms with Gasteiger partial charge >= 0.3 is 0 Å². The molecule has 30 heavy (non-hydrogen) atoms. The van der Waals surface area contributed by atoms with Crippen LogP contribution in [0, 0.1) is 0 Å². The summed E-state index contributed by atoms with van der Waals surface area (Å²) in [6.45, 7) is 8.77. The van der Waals surface area contributed by atoms with Crippen LogP contribution in [0.5, 0.6) is 17.2 Å². The molecule has 0 saturated heterocycles. The zero-order valence-corrected chi connectivity index (χ0v) is 18.5. The second-order valence-corrected chi connectivity index (χ2v) is 7.66. The lowest BCUT2D eigenvalue weighted by Crippen LogP contribution is -2.38. The van der Waals surface area contributed by atoms with E-state index < -0.39 is 6.10 Å². The normalized spacial score (nSPS) is 14.9. The van der Waals surface area contributed by atoms with Crippen LogP contribution in [0.2, 0.25) is 0 Å². The van der Waals surface area contributed by atoms with Gasteiger partial charge in [-0.05, 0) is 88.3 Å². The van der Waals surface area contributed by atoms with Crippen molar-refractivity contribution in [1.29, 1.82) is 0 Å². The molecule has 0 spiro atoms. The largest absolute Gasteiger partial charge is 0.490 e. The molecule has 0 aromatic heterocycles. The fraction of sp³-hybridized carbons (Fsp3) is 0.480. The van der Waals surface area contributed by atoms with Crippen molar-refractivity contribution in [2.24, 2.45) is 0 Å². The highest BCUT2D eigenvalue weighted by molar-refractivity contribution is 5.81. The first kappa shape index (κ1) is 22.0. The number of nitrogens with one attached hydrogen (secondary N) is 1. The van der Waals surface area contributed by atoms with Gasteiger partial charge < -0.3 is 19.5 Å². The van der Waals surface area contributed by atoms with Crippen LogP contribution < -0.4 is 19.5 Å². The van der Waals surface area contributed by atoms with Crippen LogP contribution >= 0.6 is 0 Å². The first-order chi connectivity index (χ1) is 14.5. The molecule has 2 aromatic rings. The highest BCUT2D eigenvalue weighted by Crippen LogP contribution is 2.32. The maximum Gasteiger partial charge on any atom is 0.261 e. The van der Waals surface area contributed by atoms with E-state index in [2.05, 4.69) is 11.4 Å². The van der Waals surface area contributed by atoms with Crippen molar-refractivity contribution in [3.63, 3.8) is 0 Å².